The van der Waals surface area contributed by atoms with Gasteiger partial charge in [0.25, 0.3) is 0 Å². The van der Waals surface area contributed by atoms with E-state index in [2.05, 4.69) is 136 Å². The first-order valence-corrected chi connectivity index (χ1v) is 12.9. The Morgan fingerprint density at radius 3 is 2.16 bits per heavy atom. The summed E-state index contributed by atoms with van der Waals surface area (Å²) in [6.45, 7) is 0. The molecule has 3 nitrogen and oxygen atoms in total. The summed E-state index contributed by atoms with van der Waals surface area (Å²) in [6, 6.07) is 45.4. The minimum atomic E-state index is 0.978. The Bertz CT molecular complexity index is 2120. The molecule has 0 aliphatic heterocycles. The molecule has 0 atom stereocenters. The van der Waals surface area contributed by atoms with E-state index < -0.39 is 0 Å². The van der Waals surface area contributed by atoms with Crippen LogP contribution in [0.2, 0.25) is 0 Å². The highest BCUT2D eigenvalue weighted by atomic mass is 15.0. The maximum Gasteiger partial charge on any atom is 0.0702 e. The molecule has 38 heavy (non-hydrogen) atoms. The van der Waals surface area contributed by atoms with E-state index in [1.54, 1.807) is 0 Å². The fourth-order valence-corrected chi connectivity index (χ4v) is 5.93. The third-order valence-electron chi connectivity index (χ3n) is 7.60. The Morgan fingerprint density at radius 1 is 0.474 bits per heavy atom. The topological polar surface area (TPSA) is 22.8 Å². The monoisotopic (exact) mass is 485 g/mol. The van der Waals surface area contributed by atoms with Crippen LogP contribution in [0.3, 0.4) is 0 Å². The molecule has 0 N–H and O–H groups in total. The van der Waals surface area contributed by atoms with Gasteiger partial charge in [-0.05, 0) is 71.4 Å². The molecular weight excluding hydrogens is 462 g/mol. The van der Waals surface area contributed by atoms with Crippen LogP contribution in [0, 0.1) is 0 Å². The van der Waals surface area contributed by atoms with E-state index >= 15 is 0 Å². The normalized spacial score (nSPS) is 11.7. The Morgan fingerprint density at radius 2 is 1.26 bits per heavy atom. The summed E-state index contributed by atoms with van der Waals surface area (Å²) >= 11 is 0. The molecule has 0 radical (unpaired) electrons. The SMILES string of the molecule is c1ccc(-n2ccc3c4ccc5c(c4ccc32)c2ccccc2n5-c2cccc(-c3ccccn3)c2)cc1. The highest BCUT2D eigenvalue weighted by Crippen LogP contribution is 2.39. The van der Waals surface area contributed by atoms with Crippen molar-refractivity contribution in [2.75, 3.05) is 0 Å². The van der Waals surface area contributed by atoms with Crippen LogP contribution in [-0.4, -0.2) is 14.1 Å². The third kappa shape index (κ3) is 3.06. The van der Waals surface area contributed by atoms with Gasteiger partial charge in [-0.15, -0.1) is 0 Å². The fourth-order valence-electron chi connectivity index (χ4n) is 5.93. The van der Waals surface area contributed by atoms with Crippen LogP contribution in [0.15, 0.2) is 140 Å². The number of aromatic nitrogens is 3. The Kier molecular flexibility index (Phi) is 4.52. The second-order valence-electron chi connectivity index (χ2n) is 9.69. The van der Waals surface area contributed by atoms with E-state index in [1.165, 1.54) is 49.2 Å². The van der Waals surface area contributed by atoms with E-state index in [0.717, 1.165) is 16.9 Å². The van der Waals surface area contributed by atoms with Gasteiger partial charge in [0.05, 0.1) is 22.2 Å². The van der Waals surface area contributed by atoms with Crippen LogP contribution >= 0.6 is 0 Å². The molecule has 0 amide bonds. The molecule has 5 aromatic carbocycles. The lowest BCUT2D eigenvalue weighted by molar-refractivity contribution is 1.13. The Balaban J connectivity index is 1.41. The van der Waals surface area contributed by atoms with Crippen molar-refractivity contribution in [2.45, 2.75) is 0 Å². The number of para-hydroxylation sites is 2. The summed E-state index contributed by atoms with van der Waals surface area (Å²) in [4.78, 5) is 4.58. The van der Waals surface area contributed by atoms with Crippen LogP contribution in [0.5, 0.6) is 0 Å². The van der Waals surface area contributed by atoms with Gasteiger partial charge in [0, 0.05) is 45.5 Å². The van der Waals surface area contributed by atoms with Gasteiger partial charge in [-0.3, -0.25) is 4.98 Å². The molecule has 0 saturated heterocycles. The van der Waals surface area contributed by atoms with Crippen molar-refractivity contribution in [1.82, 2.24) is 14.1 Å². The van der Waals surface area contributed by atoms with Crippen molar-refractivity contribution in [3.63, 3.8) is 0 Å². The summed E-state index contributed by atoms with van der Waals surface area (Å²) in [5, 5.41) is 6.36. The molecule has 0 spiro atoms. The molecule has 8 rings (SSSR count). The van der Waals surface area contributed by atoms with Gasteiger partial charge in [0.15, 0.2) is 0 Å². The molecule has 0 aliphatic rings. The van der Waals surface area contributed by atoms with E-state index in [-0.39, 0.29) is 0 Å². The van der Waals surface area contributed by atoms with E-state index in [1.807, 2.05) is 18.3 Å². The largest absolute Gasteiger partial charge is 0.317 e. The molecule has 0 bridgehead atoms. The van der Waals surface area contributed by atoms with E-state index in [9.17, 15) is 0 Å². The second-order valence-corrected chi connectivity index (χ2v) is 9.69. The number of benzene rings is 5. The first-order chi connectivity index (χ1) is 18.9. The molecular formula is C35H23N3. The van der Waals surface area contributed by atoms with Crippen LogP contribution < -0.4 is 0 Å². The highest BCUT2D eigenvalue weighted by Gasteiger charge is 2.17. The first-order valence-electron chi connectivity index (χ1n) is 12.9. The van der Waals surface area contributed by atoms with Crippen molar-refractivity contribution in [3.05, 3.63) is 140 Å². The average molecular weight is 486 g/mol. The highest BCUT2D eigenvalue weighted by molar-refractivity contribution is 6.25. The summed E-state index contributed by atoms with van der Waals surface area (Å²) in [7, 11) is 0. The van der Waals surface area contributed by atoms with Crippen LogP contribution in [0.1, 0.15) is 0 Å². The van der Waals surface area contributed by atoms with Crippen LogP contribution in [0.25, 0.3) is 66.1 Å². The minimum absolute atomic E-state index is 0.978. The Hall–Kier alpha value is -5.15. The third-order valence-corrected chi connectivity index (χ3v) is 7.60. The van der Waals surface area contributed by atoms with Gasteiger partial charge >= 0.3 is 0 Å². The number of hydrogen-bond acceptors (Lipinski definition) is 1. The van der Waals surface area contributed by atoms with Crippen molar-refractivity contribution in [3.8, 4) is 22.6 Å². The molecule has 0 saturated carbocycles. The van der Waals surface area contributed by atoms with Crippen LogP contribution in [-0.2, 0) is 0 Å². The molecule has 3 heterocycles. The lowest BCUT2D eigenvalue weighted by Crippen LogP contribution is -1.94. The molecule has 0 aliphatic carbocycles. The van der Waals surface area contributed by atoms with Gasteiger partial charge < -0.3 is 9.13 Å². The maximum absolute atomic E-state index is 4.58. The standard InChI is InChI=1S/C35H23N3/c1-2-10-25(11-3-1)37-22-20-28-27-16-19-34-35(29(27)17-18-32(28)37)30-13-4-5-15-33(30)38(34)26-12-8-9-24(23-26)31-14-6-7-21-36-31/h1-23H. The molecule has 178 valence electrons. The van der Waals surface area contributed by atoms with Gasteiger partial charge in [0.2, 0.25) is 0 Å². The minimum Gasteiger partial charge on any atom is -0.317 e. The molecule has 0 fully saturated rings. The van der Waals surface area contributed by atoms with Crippen molar-refractivity contribution in [1.29, 1.82) is 0 Å². The summed E-state index contributed by atoms with van der Waals surface area (Å²) < 4.78 is 4.65. The summed E-state index contributed by atoms with van der Waals surface area (Å²) in [6.07, 6.45) is 4.02. The zero-order chi connectivity index (χ0) is 25.1. The van der Waals surface area contributed by atoms with E-state index in [4.69, 9.17) is 0 Å². The summed E-state index contributed by atoms with van der Waals surface area (Å²) in [5.41, 5.74) is 8.02. The fraction of sp³-hybridized carbons (Fsp3) is 0. The lowest BCUT2D eigenvalue weighted by atomic mass is 10.0. The van der Waals surface area contributed by atoms with Crippen molar-refractivity contribution >= 4 is 43.5 Å². The molecule has 0 unspecified atom stereocenters. The molecule has 8 aromatic rings. The van der Waals surface area contributed by atoms with Crippen LogP contribution in [0.4, 0.5) is 0 Å². The Labute approximate surface area is 219 Å². The predicted octanol–water partition coefficient (Wildman–Crippen LogP) is 8.94. The number of nitrogens with zero attached hydrogens (tertiary/aromatic N) is 3. The van der Waals surface area contributed by atoms with Gasteiger partial charge in [0.1, 0.15) is 0 Å². The second kappa shape index (κ2) is 8.19. The molecule has 3 heteroatoms. The van der Waals surface area contributed by atoms with Crippen molar-refractivity contribution in [2.24, 2.45) is 0 Å². The average Bonchev–Trinajstić information content (AvgIpc) is 3.58. The lowest BCUT2D eigenvalue weighted by Gasteiger charge is -2.11. The number of rotatable bonds is 3. The number of pyridine rings is 1. The molecule has 3 aromatic heterocycles. The van der Waals surface area contributed by atoms with Gasteiger partial charge in [-0.2, -0.15) is 0 Å². The first kappa shape index (κ1) is 21.0. The van der Waals surface area contributed by atoms with E-state index in [0.29, 0.717) is 0 Å². The smallest absolute Gasteiger partial charge is 0.0702 e. The number of hydrogen-bond donors (Lipinski definition) is 0. The summed E-state index contributed by atoms with van der Waals surface area (Å²) in [5.74, 6) is 0. The number of fused-ring (bicyclic) bond motifs is 7. The van der Waals surface area contributed by atoms with Gasteiger partial charge in [-0.25, -0.2) is 0 Å². The van der Waals surface area contributed by atoms with Crippen molar-refractivity contribution < 1.29 is 0 Å². The predicted molar refractivity (Wildman–Crippen MR) is 158 cm³/mol. The van der Waals surface area contributed by atoms with Gasteiger partial charge in [-0.1, -0.05) is 66.7 Å². The zero-order valence-corrected chi connectivity index (χ0v) is 20.6. The quantitative estimate of drug-likeness (QED) is 0.245. The zero-order valence-electron chi connectivity index (χ0n) is 20.6. The maximum atomic E-state index is 4.58.